The van der Waals surface area contributed by atoms with Crippen LogP contribution >= 0.6 is 0 Å². The minimum Gasteiger partial charge on any atom is -0.482 e. The molecule has 0 bridgehead atoms. The highest BCUT2D eigenvalue weighted by molar-refractivity contribution is 5.81. The van der Waals surface area contributed by atoms with E-state index in [0.29, 0.717) is 0 Å². The van der Waals surface area contributed by atoms with E-state index < -0.39 is 0 Å². The maximum Gasteiger partial charge on any atom is 0.211 e. The molecule has 42 heavy (non-hydrogen) atoms. The summed E-state index contributed by atoms with van der Waals surface area (Å²) in [6.07, 6.45) is 6.98. The molecule has 0 aliphatic heterocycles. The normalized spacial score (nSPS) is 11.2. The number of ether oxygens (including phenoxy) is 1. The molecule has 0 spiro atoms. The van der Waals surface area contributed by atoms with Gasteiger partial charge in [0.15, 0.2) is 5.88 Å². The van der Waals surface area contributed by atoms with Gasteiger partial charge in [0.25, 0.3) is 0 Å². The minimum atomic E-state index is -0.0555. The van der Waals surface area contributed by atoms with Crippen LogP contribution in [0.1, 0.15) is 44.1 Å². The molecule has 0 radical (unpaired) electrons. The third-order valence-corrected chi connectivity index (χ3v) is 5.96. The summed E-state index contributed by atoms with van der Waals surface area (Å²) in [5, 5.41) is 14.9. The van der Waals surface area contributed by atoms with Gasteiger partial charge >= 0.3 is 0 Å². The van der Waals surface area contributed by atoms with Crippen molar-refractivity contribution in [3.8, 4) is 17.3 Å². The van der Waals surface area contributed by atoms with E-state index in [1.54, 1.807) is 19.5 Å². The average molecular weight is 569 g/mol. The number of nitrogens with zero attached hydrogens (tertiary/aromatic N) is 6. The zero-order chi connectivity index (χ0) is 30.5. The summed E-state index contributed by atoms with van der Waals surface area (Å²) in [6.45, 7) is 6.54. The second-order valence-corrected chi connectivity index (χ2v) is 10.3. The van der Waals surface area contributed by atoms with Crippen LogP contribution in [0, 0.1) is 0 Å². The standard InChI is InChI=1S/C16H21N5.C15H19N5O/c1-16(2,3)14-10-9-13(11-19-20-15(17)18)21(14)12-7-5-4-6-8-12;1-21-14-10-12(6-5-9-18-19-15(16)17)11-20(14)13-7-3-2-4-8-13/h4-11H,1-3H3,(H4,17,18,20);2-4,7-11H,5-6H2,1H3,(H4,16,17,19). The lowest BCUT2D eigenvalue weighted by molar-refractivity contribution is 0.390. The van der Waals surface area contributed by atoms with Crippen LogP contribution in [0.2, 0.25) is 0 Å². The Hall–Kier alpha value is -5.32. The van der Waals surface area contributed by atoms with Gasteiger partial charge in [-0.3, -0.25) is 4.57 Å². The van der Waals surface area contributed by atoms with Crippen LogP contribution in [-0.2, 0) is 11.8 Å². The van der Waals surface area contributed by atoms with Gasteiger partial charge in [-0.15, -0.1) is 10.2 Å². The first-order chi connectivity index (χ1) is 20.1. The lowest BCUT2D eigenvalue weighted by Crippen LogP contribution is -2.21. The number of nitrogens with two attached hydrogens (primary N) is 4. The molecule has 0 atom stereocenters. The second kappa shape index (κ2) is 14.9. The van der Waals surface area contributed by atoms with Crippen molar-refractivity contribution in [2.24, 2.45) is 43.3 Å². The quantitative estimate of drug-likeness (QED) is 0.135. The van der Waals surface area contributed by atoms with Gasteiger partial charge in [0, 0.05) is 41.0 Å². The van der Waals surface area contributed by atoms with Crippen LogP contribution in [0.15, 0.2) is 105 Å². The first kappa shape index (κ1) is 31.2. The van der Waals surface area contributed by atoms with Crippen LogP contribution in [0.25, 0.3) is 11.4 Å². The Bertz CT molecular complexity index is 1520. The molecular weight excluding hydrogens is 528 g/mol. The number of hydrogen-bond acceptors (Lipinski definition) is 5. The van der Waals surface area contributed by atoms with Crippen LogP contribution in [-0.4, -0.2) is 40.6 Å². The van der Waals surface area contributed by atoms with Crippen molar-refractivity contribution in [1.29, 1.82) is 0 Å². The average Bonchev–Trinajstić information content (AvgIpc) is 3.58. The van der Waals surface area contributed by atoms with Gasteiger partial charge in [-0.1, -0.05) is 57.2 Å². The van der Waals surface area contributed by atoms with Crippen molar-refractivity contribution < 1.29 is 4.74 Å². The molecule has 4 rings (SSSR count). The number of aryl methyl sites for hydroxylation is 1. The fourth-order valence-electron chi connectivity index (χ4n) is 4.13. The van der Waals surface area contributed by atoms with Gasteiger partial charge in [0.2, 0.25) is 11.9 Å². The first-order valence-electron chi connectivity index (χ1n) is 13.4. The summed E-state index contributed by atoms with van der Waals surface area (Å²) in [4.78, 5) is 0. The van der Waals surface area contributed by atoms with Crippen LogP contribution in [0.5, 0.6) is 5.88 Å². The number of aromatic nitrogens is 2. The third-order valence-electron chi connectivity index (χ3n) is 5.96. The Kier molecular flexibility index (Phi) is 11.1. The lowest BCUT2D eigenvalue weighted by Gasteiger charge is -2.22. The van der Waals surface area contributed by atoms with Gasteiger partial charge in [-0.2, -0.15) is 10.2 Å². The molecule has 2 aromatic carbocycles. The number of para-hydroxylation sites is 2. The molecule has 0 saturated heterocycles. The van der Waals surface area contributed by atoms with E-state index in [0.717, 1.165) is 41.4 Å². The summed E-state index contributed by atoms with van der Waals surface area (Å²) >= 11 is 0. The number of hydrogen-bond donors (Lipinski definition) is 4. The summed E-state index contributed by atoms with van der Waals surface area (Å²) in [5.41, 5.74) is 26.4. The molecule has 2 heterocycles. The summed E-state index contributed by atoms with van der Waals surface area (Å²) in [7, 11) is 1.67. The van der Waals surface area contributed by atoms with E-state index in [4.69, 9.17) is 27.7 Å². The van der Waals surface area contributed by atoms with Crippen molar-refractivity contribution >= 4 is 24.3 Å². The van der Waals surface area contributed by atoms with E-state index in [2.05, 4.69) is 70.1 Å². The van der Waals surface area contributed by atoms with Crippen molar-refractivity contribution in [3.63, 3.8) is 0 Å². The van der Waals surface area contributed by atoms with Crippen molar-refractivity contribution in [3.05, 3.63) is 102 Å². The number of rotatable bonds is 9. The largest absolute Gasteiger partial charge is 0.482 e. The molecule has 0 saturated carbocycles. The number of benzene rings is 2. The molecule has 220 valence electrons. The number of methoxy groups -OCH3 is 1. The molecule has 0 amide bonds. The first-order valence-corrected chi connectivity index (χ1v) is 13.4. The van der Waals surface area contributed by atoms with Gasteiger partial charge in [0.05, 0.1) is 19.0 Å². The Labute approximate surface area is 246 Å². The third kappa shape index (κ3) is 9.12. The Morgan fingerprint density at radius 2 is 1.40 bits per heavy atom. The molecular formula is C31H40N10O. The maximum absolute atomic E-state index is 5.41. The van der Waals surface area contributed by atoms with Gasteiger partial charge in [-0.25, -0.2) is 0 Å². The maximum atomic E-state index is 5.41. The van der Waals surface area contributed by atoms with E-state index in [1.165, 1.54) is 5.69 Å². The minimum absolute atomic E-state index is 0.0120. The highest BCUT2D eigenvalue weighted by Crippen LogP contribution is 2.27. The molecule has 2 aromatic heterocycles. The van der Waals surface area contributed by atoms with Crippen LogP contribution in [0.3, 0.4) is 0 Å². The van der Waals surface area contributed by atoms with Gasteiger partial charge in [-0.05, 0) is 54.8 Å². The zero-order valence-corrected chi connectivity index (χ0v) is 24.6. The molecule has 11 heteroatoms. The Morgan fingerprint density at radius 1 is 0.810 bits per heavy atom. The fourth-order valence-corrected chi connectivity index (χ4v) is 4.13. The van der Waals surface area contributed by atoms with Gasteiger partial charge in [0.1, 0.15) is 0 Å². The van der Waals surface area contributed by atoms with Crippen LogP contribution in [0.4, 0.5) is 0 Å². The molecule has 8 N–H and O–H groups in total. The molecule has 11 nitrogen and oxygen atoms in total. The smallest absolute Gasteiger partial charge is 0.211 e. The van der Waals surface area contributed by atoms with E-state index in [-0.39, 0.29) is 17.3 Å². The molecule has 0 unspecified atom stereocenters. The molecule has 4 aromatic rings. The highest BCUT2D eigenvalue weighted by atomic mass is 16.5. The molecule has 0 aliphatic carbocycles. The van der Waals surface area contributed by atoms with Gasteiger partial charge < -0.3 is 32.2 Å². The zero-order valence-electron chi connectivity index (χ0n) is 24.6. The van der Waals surface area contributed by atoms with Crippen molar-refractivity contribution in [2.45, 2.75) is 39.0 Å². The fraction of sp³-hybridized carbons (Fsp3) is 0.226. The monoisotopic (exact) mass is 568 g/mol. The summed E-state index contributed by atoms with van der Waals surface area (Å²) < 4.78 is 9.59. The van der Waals surface area contributed by atoms with Crippen molar-refractivity contribution in [2.75, 3.05) is 7.11 Å². The summed E-state index contributed by atoms with van der Waals surface area (Å²) in [5.74, 6) is 0.709. The number of guanidine groups is 2. The van der Waals surface area contributed by atoms with Crippen LogP contribution < -0.4 is 27.7 Å². The predicted octanol–water partition coefficient (Wildman–Crippen LogP) is 4.06. The predicted molar refractivity (Wildman–Crippen MR) is 173 cm³/mol. The van der Waals surface area contributed by atoms with Crippen molar-refractivity contribution in [1.82, 2.24) is 9.13 Å². The lowest BCUT2D eigenvalue weighted by atomic mass is 9.92. The van der Waals surface area contributed by atoms with E-state index in [9.17, 15) is 0 Å². The highest BCUT2D eigenvalue weighted by Gasteiger charge is 2.20. The summed E-state index contributed by atoms with van der Waals surface area (Å²) in [6, 6.07) is 26.3. The molecule has 0 fully saturated rings. The topological polar surface area (TPSA) is 173 Å². The molecule has 0 aliphatic rings. The Morgan fingerprint density at radius 3 is 1.98 bits per heavy atom. The van der Waals surface area contributed by atoms with E-state index >= 15 is 0 Å². The Balaban J connectivity index is 0.000000230. The SMILES string of the molecule is CC(C)(C)c1ccc(C=NN=C(N)N)n1-c1ccccc1.COc1cc(CCC=NN=C(N)N)cn1-c1ccccc1. The second-order valence-electron chi connectivity index (χ2n) is 10.3. The van der Waals surface area contributed by atoms with E-state index in [1.807, 2.05) is 65.2 Å².